The molecule has 8 heteroatoms. The number of hydrogen-bond donors (Lipinski definition) is 3. The Labute approximate surface area is 99.3 Å². The van der Waals surface area contributed by atoms with Crippen LogP contribution in [0.4, 0.5) is 5.69 Å². The minimum absolute atomic E-state index is 0.164. The van der Waals surface area contributed by atoms with E-state index in [1.165, 1.54) is 12.3 Å². The van der Waals surface area contributed by atoms with Crippen LogP contribution in [0.1, 0.15) is 16.9 Å². The van der Waals surface area contributed by atoms with Crippen LogP contribution in [-0.2, 0) is 10.0 Å². The molecular formula is C9H14N4O3S. The number of amides is 1. The number of anilines is 1. The van der Waals surface area contributed by atoms with Crippen molar-refractivity contribution in [2.24, 2.45) is 5.14 Å². The van der Waals surface area contributed by atoms with Crippen LogP contribution in [0.25, 0.3) is 0 Å². The fourth-order valence-electron chi connectivity index (χ4n) is 1.11. The quantitative estimate of drug-likeness (QED) is 0.588. The molecule has 0 fully saturated rings. The van der Waals surface area contributed by atoms with E-state index in [1.54, 1.807) is 6.07 Å². The lowest BCUT2D eigenvalue weighted by atomic mass is 10.3. The van der Waals surface area contributed by atoms with Gasteiger partial charge in [-0.05, 0) is 18.6 Å². The summed E-state index contributed by atoms with van der Waals surface area (Å²) in [5.74, 6) is -0.540. The predicted octanol–water partition coefficient (Wildman–Crippen LogP) is -0.928. The number of sulfonamides is 1. The first-order valence-electron chi connectivity index (χ1n) is 4.89. The van der Waals surface area contributed by atoms with Gasteiger partial charge in [0.05, 0.1) is 17.6 Å². The maximum Gasteiger partial charge on any atom is 0.269 e. The largest absolute Gasteiger partial charge is 0.397 e. The second kappa shape index (κ2) is 5.60. The van der Waals surface area contributed by atoms with E-state index < -0.39 is 10.0 Å². The van der Waals surface area contributed by atoms with Crippen molar-refractivity contribution in [3.63, 3.8) is 0 Å². The maximum absolute atomic E-state index is 11.5. The van der Waals surface area contributed by atoms with Crippen LogP contribution in [0, 0.1) is 0 Å². The van der Waals surface area contributed by atoms with Gasteiger partial charge in [-0.1, -0.05) is 0 Å². The number of nitrogens with zero attached hydrogens (tertiary/aromatic N) is 1. The Hall–Kier alpha value is -1.67. The van der Waals surface area contributed by atoms with E-state index in [9.17, 15) is 13.2 Å². The SMILES string of the molecule is Nc1ccc(C(=O)NCCCS(N)(=O)=O)nc1. The Morgan fingerprint density at radius 1 is 1.41 bits per heavy atom. The molecule has 7 nitrogen and oxygen atoms in total. The van der Waals surface area contributed by atoms with Crippen molar-refractivity contribution < 1.29 is 13.2 Å². The summed E-state index contributed by atoms with van der Waals surface area (Å²) in [6.07, 6.45) is 1.64. The van der Waals surface area contributed by atoms with Crippen molar-refractivity contribution in [2.45, 2.75) is 6.42 Å². The van der Waals surface area contributed by atoms with Crippen LogP contribution in [0.2, 0.25) is 0 Å². The zero-order valence-electron chi connectivity index (χ0n) is 9.09. The molecule has 1 heterocycles. The zero-order chi connectivity index (χ0) is 12.9. The van der Waals surface area contributed by atoms with Gasteiger partial charge in [-0.15, -0.1) is 0 Å². The molecule has 0 radical (unpaired) electrons. The normalized spacial score (nSPS) is 11.1. The Morgan fingerprint density at radius 3 is 2.65 bits per heavy atom. The molecule has 0 aliphatic rings. The molecule has 1 aromatic heterocycles. The van der Waals surface area contributed by atoms with Gasteiger partial charge in [0.25, 0.3) is 5.91 Å². The van der Waals surface area contributed by atoms with Gasteiger partial charge in [0, 0.05) is 6.54 Å². The van der Waals surface area contributed by atoms with Crippen molar-refractivity contribution >= 4 is 21.6 Å². The Bertz CT molecular complexity index is 483. The van der Waals surface area contributed by atoms with Crippen molar-refractivity contribution in [3.05, 3.63) is 24.0 Å². The van der Waals surface area contributed by atoms with E-state index in [4.69, 9.17) is 10.9 Å². The molecule has 5 N–H and O–H groups in total. The molecule has 1 amide bonds. The fraction of sp³-hybridized carbons (Fsp3) is 0.333. The summed E-state index contributed by atoms with van der Waals surface area (Å²) in [5.41, 5.74) is 6.12. The molecule has 0 aromatic carbocycles. The van der Waals surface area contributed by atoms with Crippen LogP contribution in [-0.4, -0.2) is 31.6 Å². The number of nitrogens with one attached hydrogen (secondary N) is 1. The van der Waals surface area contributed by atoms with Gasteiger partial charge in [-0.3, -0.25) is 4.79 Å². The number of nitrogen functional groups attached to an aromatic ring is 1. The summed E-state index contributed by atoms with van der Waals surface area (Å²) >= 11 is 0. The fourth-order valence-corrected chi connectivity index (χ4v) is 1.65. The number of carbonyl (C=O) groups excluding carboxylic acids is 1. The summed E-state index contributed by atoms with van der Waals surface area (Å²) < 4.78 is 21.2. The summed E-state index contributed by atoms with van der Waals surface area (Å²) in [5, 5.41) is 7.34. The van der Waals surface area contributed by atoms with Gasteiger partial charge in [-0.2, -0.15) is 0 Å². The predicted molar refractivity (Wildman–Crippen MR) is 63.6 cm³/mol. The highest BCUT2D eigenvalue weighted by Crippen LogP contribution is 2.00. The Kier molecular flexibility index (Phi) is 4.41. The molecular weight excluding hydrogens is 244 g/mol. The molecule has 0 atom stereocenters. The molecule has 1 rings (SSSR count). The minimum Gasteiger partial charge on any atom is -0.397 e. The number of carbonyl (C=O) groups is 1. The van der Waals surface area contributed by atoms with Crippen LogP contribution in [0.15, 0.2) is 18.3 Å². The van der Waals surface area contributed by atoms with Crippen molar-refractivity contribution in [1.29, 1.82) is 0 Å². The van der Waals surface area contributed by atoms with Gasteiger partial charge >= 0.3 is 0 Å². The average Bonchev–Trinajstić information content (AvgIpc) is 2.24. The number of primary sulfonamides is 1. The van der Waals surface area contributed by atoms with Crippen LogP contribution < -0.4 is 16.2 Å². The van der Waals surface area contributed by atoms with Gasteiger partial charge < -0.3 is 11.1 Å². The van der Waals surface area contributed by atoms with Gasteiger partial charge in [-0.25, -0.2) is 18.5 Å². The zero-order valence-corrected chi connectivity index (χ0v) is 9.90. The number of nitrogens with two attached hydrogens (primary N) is 2. The van der Waals surface area contributed by atoms with Crippen LogP contribution >= 0.6 is 0 Å². The van der Waals surface area contributed by atoms with Crippen molar-refractivity contribution in [2.75, 3.05) is 18.0 Å². The van der Waals surface area contributed by atoms with E-state index in [0.717, 1.165) is 0 Å². The molecule has 0 saturated carbocycles. The highest BCUT2D eigenvalue weighted by atomic mass is 32.2. The first-order chi connectivity index (χ1) is 7.88. The Morgan fingerprint density at radius 2 is 2.12 bits per heavy atom. The average molecular weight is 258 g/mol. The second-order valence-electron chi connectivity index (χ2n) is 3.45. The summed E-state index contributed by atoms with van der Waals surface area (Å²) in [4.78, 5) is 15.3. The molecule has 1 aromatic rings. The lowest BCUT2D eigenvalue weighted by molar-refractivity contribution is 0.0949. The first kappa shape index (κ1) is 13.4. The molecule has 17 heavy (non-hydrogen) atoms. The van der Waals surface area contributed by atoms with Crippen molar-refractivity contribution in [3.8, 4) is 0 Å². The van der Waals surface area contributed by atoms with Crippen molar-refractivity contribution in [1.82, 2.24) is 10.3 Å². The minimum atomic E-state index is -3.48. The van der Waals surface area contributed by atoms with Crippen LogP contribution in [0.5, 0.6) is 0 Å². The summed E-state index contributed by atoms with van der Waals surface area (Å²) in [6.45, 7) is 0.224. The number of pyridine rings is 1. The highest BCUT2D eigenvalue weighted by Gasteiger charge is 2.07. The third-order valence-corrected chi connectivity index (χ3v) is 2.77. The number of hydrogen-bond acceptors (Lipinski definition) is 5. The van der Waals surface area contributed by atoms with E-state index >= 15 is 0 Å². The Balaban J connectivity index is 2.38. The smallest absolute Gasteiger partial charge is 0.269 e. The molecule has 0 bridgehead atoms. The van der Waals surface area contributed by atoms with Crippen LogP contribution in [0.3, 0.4) is 0 Å². The first-order valence-corrected chi connectivity index (χ1v) is 6.60. The molecule has 0 saturated heterocycles. The third kappa shape index (κ3) is 5.27. The lowest BCUT2D eigenvalue weighted by Gasteiger charge is -2.04. The maximum atomic E-state index is 11.5. The molecule has 0 unspecified atom stereocenters. The van der Waals surface area contributed by atoms with E-state index in [1.807, 2.05) is 0 Å². The molecule has 0 aliphatic carbocycles. The second-order valence-corrected chi connectivity index (χ2v) is 5.19. The number of aromatic nitrogens is 1. The van der Waals surface area contributed by atoms with Gasteiger partial charge in [0.2, 0.25) is 10.0 Å². The lowest BCUT2D eigenvalue weighted by Crippen LogP contribution is -2.27. The summed E-state index contributed by atoms with van der Waals surface area (Å²) in [6, 6.07) is 3.05. The van der Waals surface area contributed by atoms with E-state index in [0.29, 0.717) is 5.69 Å². The van der Waals surface area contributed by atoms with E-state index in [-0.39, 0.29) is 30.3 Å². The van der Waals surface area contributed by atoms with Gasteiger partial charge in [0.1, 0.15) is 5.69 Å². The highest BCUT2D eigenvalue weighted by molar-refractivity contribution is 7.89. The molecule has 0 aliphatic heterocycles. The topological polar surface area (TPSA) is 128 Å². The monoisotopic (exact) mass is 258 g/mol. The van der Waals surface area contributed by atoms with E-state index in [2.05, 4.69) is 10.3 Å². The molecule has 94 valence electrons. The standard InChI is InChI=1S/C9H14N4O3S/c10-7-2-3-8(13-6-7)9(14)12-4-1-5-17(11,15)16/h2-3,6H,1,4-5,10H2,(H,12,14)(H2,11,15,16). The third-order valence-electron chi connectivity index (χ3n) is 1.91. The molecule has 0 spiro atoms. The van der Waals surface area contributed by atoms with Gasteiger partial charge in [0.15, 0.2) is 0 Å². The summed E-state index contributed by atoms with van der Waals surface area (Å²) in [7, 11) is -3.48. The number of rotatable bonds is 5.